The van der Waals surface area contributed by atoms with Crippen LogP contribution in [0.4, 0.5) is 0 Å². The van der Waals surface area contributed by atoms with Crippen LogP contribution in [0, 0.1) is 0 Å². The summed E-state index contributed by atoms with van der Waals surface area (Å²) in [5.74, 6) is 0.550. The lowest BCUT2D eigenvalue weighted by Crippen LogP contribution is -2.76. The lowest BCUT2D eigenvalue weighted by Gasteiger charge is -2.39. The third-order valence-corrected chi connectivity index (χ3v) is 15.8. The lowest BCUT2D eigenvalue weighted by atomic mass is 9.92. The molecule has 6 aromatic rings. The highest BCUT2D eigenvalue weighted by Gasteiger charge is 2.48. The number of rotatable bonds is 6. The molecule has 0 amide bonds. The molecule has 228 valence electrons. The van der Waals surface area contributed by atoms with Gasteiger partial charge >= 0.3 is 0 Å². The molecule has 2 atom stereocenters. The second-order valence-electron chi connectivity index (χ2n) is 13.3. The molecule has 2 aliphatic rings. The van der Waals surface area contributed by atoms with E-state index in [-0.39, 0.29) is 11.8 Å². The fourth-order valence-electron chi connectivity index (χ4n) is 9.08. The van der Waals surface area contributed by atoms with Crippen molar-refractivity contribution < 1.29 is 0 Å². The molecule has 6 aromatic carbocycles. The summed E-state index contributed by atoms with van der Waals surface area (Å²) in [6.45, 7) is 9.55. The van der Waals surface area contributed by atoms with Crippen molar-refractivity contribution in [3.8, 4) is 0 Å². The maximum absolute atomic E-state index is 2.87. The van der Waals surface area contributed by atoms with Gasteiger partial charge in [0.1, 0.15) is 0 Å². The van der Waals surface area contributed by atoms with E-state index in [1.54, 1.807) is 0 Å². The maximum Gasteiger partial charge on any atom is 0.180 e. The summed E-state index contributed by atoms with van der Waals surface area (Å²) < 4.78 is 0. The summed E-state index contributed by atoms with van der Waals surface area (Å²) in [6, 6.07) is 59.4. The quantitative estimate of drug-likeness (QED) is 0.129. The Labute approximate surface area is 280 Å². The first-order valence-electron chi connectivity index (χ1n) is 16.9. The van der Waals surface area contributed by atoms with Gasteiger partial charge in [-0.2, -0.15) is 0 Å². The summed E-state index contributed by atoms with van der Waals surface area (Å²) in [5, 5.41) is 5.89. The van der Waals surface area contributed by atoms with Crippen LogP contribution in [-0.2, 0) is 0 Å². The first kappa shape index (κ1) is 29.4. The van der Waals surface area contributed by atoms with E-state index in [1.165, 1.54) is 76.4 Å². The zero-order valence-electron chi connectivity index (χ0n) is 27.7. The smallest absolute Gasteiger partial charge is 0.0623 e. The van der Waals surface area contributed by atoms with Crippen molar-refractivity contribution in [2.24, 2.45) is 0 Å². The number of allylic oxidation sites excluding steroid dienone is 4. The van der Waals surface area contributed by atoms with E-state index in [9.17, 15) is 0 Å². The zero-order chi connectivity index (χ0) is 32.1. The van der Waals surface area contributed by atoms with Crippen LogP contribution < -0.4 is 20.7 Å². The molecule has 2 unspecified atom stereocenters. The minimum Gasteiger partial charge on any atom is -0.0623 e. The van der Waals surface area contributed by atoms with Crippen LogP contribution in [-0.4, -0.2) is 8.07 Å². The molecule has 2 aliphatic carbocycles. The molecule has 8 rings (SSSR count). The van der Waals surface area contributed by atoms with Crippen molar-refractivity contribution >= 4 is 51.1 Å². The van der Waals surface area contributed by atoms with E-state index in [4.69, 9.17) is 0 Å². The van der Waals surface area contributed by atoms with Crippen LogP contribution in [0.25, 0.3) is 22.3 Å². The van der Waals surface area contributed by atoms with E-state index >= 15 is 0 Å². The molecular formula is C46H40Si. The van der Waals surface area contributed by atoms with Gasteiger partial charge in [-0.1, -0.05) is 172 Å². The highest BCUT2D eigenvalue weighted by molar-refractivity contribution is 7.20. The van der Waals surface area contributed by atoms with Crippen molar-refractivity contribution in [2.75, 3.05) is 0 Å². The Kier molecular flexibility index (Phi) is 7.31. The average molecular weight is 621 g/mol. The predicted octanol–water partition coefficient (Wildman–Crippen LogP) is 9.16. The largest absolute Gasteiger partial charge is 0.180 e. The van der Waals surface area contributed by atoms with Gasteiger partial charge in [-0.25, -0.2) is 0 Å². The second kappa shape index (κ2) is 11.7. The van der Waals surface area contributed by atoms with E-state index in [1.807, 2.05) is 0 Å². The molecule has 0 heterocycles. The van der Waals surface area contributed by atoms with Crippen molar-refractivity contribution in [1.29, 1.82) is 0 Å². The Bertz CT molecular complexity index is 2000. The molecule has 0 bridgehead atoms. The Hall–Kier alpha value is -4.98. The van der Waals surface area contributed by atoms with Gasteiger partial charge in [-0.05, 0) is 90.3 Å². The molecule has 0 fully saturated rings. The van der Waals surface area contributed by atoms with Crippen LogP contribution in [0.3, 0.4) is 0 Å². The van der Waals surface area contributed by atoms with Gasteiger partial charge in [0.05, 0.1) is 0 Å². The number of hydrogen-bond donors (Lipinski definition) is 0. The molecule has 0 saturated heterocycles. The molecule has 0 aromatic heterocycles. The highest BCUT2D eigenvalue weighted by Crippen LogP contribution is 2.48. The number of fused-ring (bicyclic) bond motifs is 2. The SMILES string of the molecule is CC1=C(c2ccccc2)C(C)c2c1cccc2[Si](c1ccccc1)(c1ccccc1)c1cccc2c1C(C)C(c1ccccc1)=C2C. The molecule has 1 heteroatoms. The van der Waals surface area contributed by atoms with E-state index in [0.29, 0.717) is 0 Å². The Morgan fingerprint density at radius 2 is 0.723 bits per heavy atom. The zero-order valence-corrected chi connectivity index (χ0v) is 28.7. The van der Waals surface area contributed by atoms with Crippen LogP contribution in [0.1, 0.15) is 72.9 Å². The van der Waals surface area contributed by atoms with Crippen LogP contribution in [0.5, 0.6) is 0 Å². The van der Waals surface area contributed by atoms with Gasteiger partial charge < -0.3 is 0 Å². The summed E-state index contributed by atoms with van der Waals surface area (Å²) in [7, 11) is -2.87. The normalized spacial score (nSPS) is 17.2. The summed E-state index contributed by atoms with van der Waals surface area (Å²) in [4.78, 5) is 0. The fraction of sp³-hybridized carbons (Fsp3) is 0.130. The van der Waals surface area contributed by atoms with Gasteiger partial charge in [0.25, 0.3) is 0 Å². The Balaban J connectivity index is 1.46. The van der Waals surface area contributed by atoms with Gasteiger partial charge in [-0.3, -0.25) is 0 Å². The van der Waals surface area contributed by atoms with Gasteiger partial charge in [0.2, 0.25) is 0 Å². The molecule has 47 heavy (non-hydrogen) atoms. The molecule has 0 aliphatic heterocycles. The van der Waals surface area contributed by atoms with Crippen LogP contribution >= 0.6 is 0 Å². The summed E-state index contributed by atoms with van der Waals surface area (Å²) in [6.07, 6.45) is 0. The standard InChI is InChI=1S/C46H40Si/c1-31-39-27-17-29-41(45(39)33(3)43(31)35-19-9-5-10-20-35)47(37-23-13-7-14-24-37,38-25-15-8-16-26-38)42-30-18-28-40-32(2)44(34(4)46(40)42)36-21-11-6-12-22-36/h5-30,33-34H,1-4H3. The van der Waals surface area contributed by atoms with Gasteiger partial charge in [-0.15, -0.1) is 0 Å². The van der Waals surface area contributed by atoms with Crippen molar-refractivity contribution in [2.45, 2.75) is 39.5 Å². The number of benzene rings is 6. The van der Waals surface area contributed by atoms with E-state index < -0.39 is 8.07 Å². The van der Waals surface area contributed by atoms with Gasteiger partial charge in [0, 0.05) is 11.8 Å². The Morgan fingerprint density at radius 3 is 1.09 bits per heavy atom. The molecule has 0 nitrogen and oxygen atoms in total. The summed E-state index contributed by atoms with van der Waals surface area (Å²) in [5.41, 5.74) is 14.2. The van der Waals surface area contributed by atoms with Crippen LogP contribution in [0.2, 0.25) is 0 Å². The third-order valence-electron chi connectivity index (χ3n) is 11.0. The van der Waals surface area contributed by atoms with Crippen molar-refractivity contribution in [3.63, 3.8) is 0 Å². The Morgan fingerprint density at radius 1 is 0.383 bits per heavy atom. The predicted molar refractivity (Wildman–Crippen MR) is 205 cm³/mol. The van der Waals surface area contributed by atoms with Crippen molar-refractivity contribution in [1.82, 2.24) is 0 Å². The molecule has 0 radical (unpaired) electrons. The monoisotopic (exact) mass is 620 g/mol. The highest BCUT2D eigenvalue weighted by atomic mass is 28.3. The number of hydrogen-bond acceptors (Lipinski definition) is 0. The topological polar surface area (TPSA) is 0 Å². The first-order chi connectivity index (χ1) is 23.0. The second-order valence-corrected chi connectivity index (χ2v) is 17.0. The van der Waals surface area contributed by atoms with E-state index in [2.05, 4.69) is 185 Å². The fourth-order valence-corrected chi connectivity index (χ4v) is 14.5. The molecule has 0 saturated carbocycles. The maximum atomic E-state index is 2.49. The third kappa shape index (κ3) is 4.41. The first-order valence-corrected chi connectivity index (χ1v) is 18.9. The average Bonchev–Trinajstić information content (AvgIpc) is 3.54. The molecule has 0 spiro atoms. The molecular weight excluding hydrogens is 581 g/mol. The molecule has 0 N–H and O–H groups in total. The van der Waals surface area contributed by atoms with Crippen molar-refractivity contribution in [3.05, 3.63) is 191 Å². The lowest BCUT2D eigenvalue weighted by molar-refractivity contribution is 1.01. The minimum atomic E-state index is -2.87. The van der Waals surface area contributed by atoms with Crippen LogP contribution in [0.15, 0.2) is 158 Å². The minimum absolute atomic E-state index is 0.275. The van der Waals surface area contributed by atoms with E-state index in [0.717, 1.165) is 0 Å². The summed E-state index contributed by atoms with van der Waals surface area (Å²) >= 11 is 0. The van der Waals surface area contributed by atoms with Gasteiger partial charge in [0.15, 0.2) is 8.07 Å².